The molecule has 1 unspecified atom stereocenters. The van der Waals surface area contributed by atoms with Gasteiger partial charge in [0.25, 0.3) is 0 Å². The number of amides is 1. The number of hydrogen-bond acceptors (Lipinski definition) is 4. The first-order chi connectivity index (χ1) is 7.11. The van der Waals surface area contributed by atoms with Crippen molar-refractivity contribution in [3.8, 4) is 0 Å². The van der Waals surface area contributed by atoms with E-state index in [0.717, 1.165) is 19.0 Å². The van der Waals surface area contributed by atoms with Crippen molar-refractivity contribution in [2.45, 2.75) is 12.8 Å². The lowest BCUT2D eigenvalue weighted by Gasteiger charge is -2.20. The highest BCUT2D eigenvalue weighted by Gasteiger charge is 2.20. The van der Waals surface area contributed by atoms with E-state index in [1.165, 1.54) is 19.5 Å². The van der Waals surface area contributed by atoms with Crippen LogP contribution < -0.4 is 11.3 Å². The standard InChI is InChI=1S/C10H22N4O/c1-13-5-3-9(7-13)8-14(2)6-4-10(15)12-11/h9H,3-8,11H2,1-2H3,(H,12,15). The molecule has 1 saturated heterocycles. The minimum atomic E-state index is -0.0922. The van der Waals surface area contributed by atoms with Crippen molar-refractivity contribution >= 4 is 5.91 Å². The second-order valence-corrected chi connectivity index (χ2v) is 4.50. The number of carbonyl (C=O) groups is 1. The van der Waals surface area contributed by atoms with E-state index in [9.17, 15) is 4.79 Å². The Hall–Kier alpha value is -0.650. The summed E-state index contributed by atoms with van der Waals surface area (Å²) in [5.41, 5.74) is 2.15. The zero-order valence-electron chi connectivity index (χ0n) is 9.70. The van der Waals surface area contributed by atoms with Gasteiger partial charge in [0, 0.05) is 26.1 Å². The molecule has 1 amide bonds. The third-order valence-corrected chi connectivity index (χ3v) is 2.94. The number of hydrogen-bond donors (Lipinski definition) is 2. The smallest absolute Gasteiger partial charge is 0.235 e. The first kappa shape index (κ1) is 12.4. The summed E-state index contributed by atoms with van der Waals surface area (Å²) in [6.07, 6.45) is 1.75. The van der Waals surface area contributed by atoms with Crippen molar-refractivity contribution in [1.82, 2.24) is 15.2 Å². The van der Waals surface area contributed by atoms with E-state index in [1.54, 1.807) is 0 Å². The van der Waals surface area contributed by atoms with Crippen molar-refractivity contribution in [2.75, 3.05) is 40.3 Å². The minimum Gasteiger partial charge on any atom is -0.306 e. The zero-order valence-corrected chi connectivity index (χ0v) is 9.70. The van der Waals surface area contributed by atoms with Crippen LogP contribution >= 0.6 is 0 Å². The molecular weight excluding hydrogens is 192 g/mol. The summed E-state index contributed by atoms with van der Waals surface area (Å²) >= 11 is 0. The molecule has 1 fully saturated rings. The topological polar surface area (TPSA) is 61.6 Å². The second-order valence-electron chi connectivity index (χ2n) is 4.50. The predicted molar refractivity (Wildman–Crippen MR) is 60.0 cm³/mol. The molecular formula is C10H22N4O. The van der Waals surface area contributed by atoms with Crippen molar-refractivity contribution in [3.63, 3.8) is 0 Å². The van der Waals surface area contributed by atoms with Crippen LogP contribution in [-0.4, -0.2) is 56.0 Å². The lowest BCUT2D eigenvalue weighted by molar-refractivity contribution is -0.121. The SMILES string of the molecule is CN(CCC(=O)NN)CC1CCN(C)C1. The molecule has 0 aliphatic carbocycles. The fourth-order valence-corrected chi connectivity index (χ4v) is 2.07. The number of likely N-dealkylation sites (tertiary alicyclic amines) is 1. The van der Waals surface area contributed by atoms with E-state index >= 15 is 0 Å². The van der Waals surface area contributed by atoms with Gasteiger partial charge in [-0.3, -0.25) is 10.2 Å². The molecule has 1 atom stereocenters. The number of nitrogens with one attached hydrogen (secondary N) is 1. The third-order valence-electron chi connectivity index (χ3n) is 2.94. The Kier molecular flexibility index (Phi) is 5.01. The van der Waals surface area contributed by atoms with Crippen molar-refractivity contribution < 1.29 is 4.79 Å². The van der Waals surface area contributed by atoms with Gasteiger partial charge >= 0.3 is 0 Å². The molecule has 0 aromatic heterocycles. The van der Waals surface area contributed by atoms with E-state index in [0.29, 0.717) is 6.42 Å². The molecule has 5 nitrogen and oxygen atoms in total. The van der Waals surface area contributed by atoms with Crippen LogP contribution in [0.1, 0.15) is 12.8 Å². The quantitative estimate of drug-likeness (QED) is 0.359. The van der Waals surface area contributed by atoms with Crippen molar-refractivity contribution in [3.05, 3.63) is 0 Å². The van der Waals surface area contributed by atoms with Crippen molar-refractivity contribution in [1.29, 1.82) is 0 Å². The molecule has 1 heterocycles. The number of hydrazine groups is 1. The summed E-state index contributed by atoms with van der Waals surface area (Å²) < 4.78 is 0. The Morgan fingerprint density at radius 3 is 2.93 bits per heavy atom. The molecule has 0 aromatic rings. The molecule has 1 aliphatic heterocycles. The summed E-state index contributed by atoms with van der Waals surface area (Å²) in [6.45, 7) is 4.22. The molecule has 0 spiro atoms. The van der Waals surface area contributed by atoms with Crippen LogP contribution in [0, 0.1) is 5.92 Å². The molecule has 0 aromatic carbocycles. The fourth-order valence-electron chi connectivity index (χ4n) is 2.07. The molecule has 1 aliphatic rings. The first-order valence-electron chi connectivity index (χ1n) is 5.48. The molecule has 5 heteroatoms. The van der Waals surface area contributed by atoms with Crippen LogP contribution in [0.25, 0.3) is 0 Å². The van der Waals surface area contributed by atoms with Crippen LogP contribution in [0.2, 0.25) is 0 Å². The van der Waals surface area contributed by atoms with Gasteiger partial charge in [-0.05, 0) is 33.0 Å². The van der Waals surface area contributed by atoms with E-state index in [1.807, 2.05) is 0 Å². The van der Waals surface area contributed by atoms with Crippen LogP contribution in [0.15, 0.2) is 0 Å². The summed E-state index contributed by atoms with van der Waals surface area (Å²) in [4.78, 5) is 15.5. The second kappa shape index (κ2) is 6.05. The zero-order chi connectivity index (χ0) is 11.3. The summed E-state index contributed by atoms with van der Waals surface area (Å²) in [5.74, 6) is 5.67. The highest BCUT2D eigenvalue weighted by Crippen LogP contribution is 2.14. The largest absolute Gasteiger partial charge is 0.306 e. The fraction of sp³-hybridized carbons (Fsp3) is 0.900. The summed E-state index contributed by atoms with van der Waals surface area (Å²) in [6, 6.07) is 0. The Bertz CT molecular complexity index is 210. The Morgan fingerprint density at radius 2 is 2.40 bits per heavy atom. The Labute approximate surface area is 91.6 Å². The highest BCUT2D eigenvalue weighted by molar-refractivity contribution is 5.75. The van der Waals surface area contributed by atoms with Gasteiger partial charge in [-0.1, -0.05) is 0 Å². The van der Waals surface area contributed by atoms with Crippen molar-refractivity contribution in [2.24, 2.45) is 11.8 Å². The summed E-state index contributed by atoms with van der Waals surface area (Å²) in [5, 5.41) is 0. The number of nitrogens with zero attached hydrogens (tertiary/aromatic N) is 2. The monoisotopic (exact) mass is 214 g/mol. The van der Waals surface area contributed by atoms with Gasteiger partial charge in [0.2, 0.25) is 5.91 Å². The van der Waals surface area contributed by atoms with Gasteiger partial charge < -0.3 is 9.80 Å². The maximum Gasteiger partial charge on any atom is 0.235 e. The Morgan fingerprint density at radius 1 is 1.67 bits per heavy atom. The number of rotatable bonds is 5. The van der Waals surface area contributed by atoms with Gasteiger partial charge in [0.1, 0.15) is 0 Å². The van der Waals surface area contributed by atoms with Crippen LogP contribution in [0.5, 0.6) is 0 Å². The third kappa shape index (κ3) is 4.59. The molecule has 88 valence electrons. The summed E-state index contributed by atoms with van der Waals surface area (Å²) in [7, 11) is 4.21. The molecule has 1 rings (SSSR count). The predicted octanol–water partition coefficient (Wildman–Crippen LogP) is -0.750. The van der Waals surface area contributed by atoms with E-state index < -0.39 is 0 Å². The average molecular weight is 214 g/mol. The van der Waals surface area contributed by atoms with Gasteiger partial charge in [-0.2, -0.15) is 0 Å². The van der Waals surface area contributed by atoms with Gasteiger partial charge in [-0.25, -0.2) is 5.84 Å². The maximum atomic E-state index is 10.9. The Balaban J connectivity index is 2.13. The van der Waals surface area contributed by atoms with Gasteiger partial charge in [-0.15, -0.1) is 0 Å². The lowest BCUT2D eigenvalue weighted by atomic mass is 10.1. The van der Waals surface area contributed by atoms with Crippen LogP contribution in [-0.2, 0) is 4.79 Å². The highest BCUT2D eigenvalue weighted by atomic mass is 16.2. The lowest BCUT2D eigenvalue weighted by Crippen LogP contribution is -2.34. The van der Waals surface area contributed by atoms with Crippen LogP contribution in [0.3, 0.4) is 0 Å². The normalized spacial score (nSPS) is 22.3. The number of nitrogens with two attached hydrogens (primary N) is 1. The first-order valence-corrected chi connectivity index (χ1v) is 5.48. The van der Waals surface area contributed by atoms with Crippen LogP contribution in [0.4, 0.5) is 0 Å². The molecule has 15 heavy (non-hydrogen) atoms. The number of carbonyl (C=O) groups excluding carboxylic acids is 1. The van der Waals surface area contributed by atoms with E-state index in [2.05, 4.69) is 29.3 Å². The minimum absolute atomic E-state index is 0.0922. The van der Waals surface area contributed by atoms with Gasteiger partial charge in [0.05, 0.1) is 0 Å². The maximum absolute atomic E-state index is 10.9. The molecule has 3 N–H and O–H groups in total. The van der Waals surface area contributed by atoms with E-state index in [4.69, 9.17) is 5.84 Å². The molecule has 0 bridgehead atoms. The van der Waals surface area contributed by atoms with E-state index in [-0.39, 0.29) is 5.91 Å². The average Bonchev–Trinajstić information content (AvgIpc) is 2.60. The molecule has 0 saturated carbocycles. The van der Waals surface area contributed by atoms with Gasteiger partial charge in [0.15, 0.2) is 0 Å². The molecule has 0 radical (unpaired) electrons.